The molecular weight excluding hydrogens is 556 g/mol. The highest BCUT2D eigenvalue weighted by molar-refractivity contribution is 5.69. The van der Waals surface area contributed by atoms with Crippen molar-refractivity contribution in [1.82, 2.24) is 0 Å². The molecule has 0 aliphatic rings. The second kappa shape index (κ2) is 37.4. The Hall–Kier alpha value is -1.06. The summed E-state index contributed by atoms with van der Waals surface area (Å²) in [6.45, 7) is 4.56. The van der Waals surface area contributed by atoms with E-state index in [-0.39, 0.29) is 18.5 Å². The minimum absolute atomic E-state index is 0.00879. The van der Waals surface area contributed by atoms with E-state index in [0.29, 0.717) is 6.42 Å². The fraction of sp³-hybridized carbons (Fsp3) is 0.951. The van der Waals surface area contributed by atoms with Gasteiger partial charge in [-0.2, -0.15) is 0 Å². The van der Waals surface area contributed by atoms with Gasteiger partial charge in [0.2, 0.25) is 0 Å². The maximum atomic E-state index is 12.7. The molecule has 268 valence electrons. The molecule has 45 heavy (non-hydrogen) atoms. The van der Waals surface area contributed by atoms with Gasteiger partial charge in [-0.05, 0) is 38.5 Å². The number of hydrogen-bond acceptors (Lipinski definition) is 3. The van der Waals surface area contributed by atoms with Crippen LogP contribution in [0.25, 0.3) is 0 Å². The summed E-state index contributed by atoms with van der Waals surface area (Å²) in [6.07, 6.45) is 44.1. The second-order valence-electron chi connectivity index (χ2n) is 14.2. The van der Waals surface area contributed by atoms with Crippen LogP contribution >= 0.6 is 0 Å². The van der Waals surface area contributed by atoms with Gasteiger partial charge < -0.3 is 9.84 Å². The molecule has 0 amide bonds. The summed E-state index contributed by atoms with van der Waals surface area (Å²) in [5.41, 5.74) is 0. The van der Waals surface area contributed by atoms with Gasteiger partial charge in [-0.1, -0.05) is 194 Å². The van der Waals surface area contributed by atoms with Crippen LogP contribution in [0.5, 0.6) is 0 Å². The number of rotatable bonds is 38. The first kappa shape index (κ1) is 43.9. The largest absolute Gasteiger partial charge is 0.481 e. The zero-order valence-electron chi connectivity index (χ0n) is 30.7. The summed E-state index contributed by atoms with van der Waals surface area (Å²) in [6, 6.07) is 0. The summed E-state index contributed by atoms with van der Waals surface area (Å²) in [7, 11) is 0. The monoisotopic (exact) mass is 637 g/mol. The SMILES string of the molecule is CCCCCCCCCCCCCCCCCC(CCCCCCCC(=O)O)OC(=O)CCCCCCCCCCCCCC. The van der Waals surface area contributed by atoms with Crippen LogP contribution in [0.3, 0.4) is 0 Å². The fourth-order valence-corrected chi connectivity index (χ4v) is 6.54. The van der Waals surface area contributed by atoms with Crippen molar-refractivity contribution < 1.29 is 19.4 Å². The van der Waals surface area contributed by atoms with Crippen molar-refractivity contribution in [3.63, 3.8) is 0 Å². The van der Waals surface area contributed by atoms with Crippen molar-refractivity contribution in [3.05, 3.63) is 0 Å². The van der Waals surface area contributed by atoms with Crippen LogP contribution in [0.15, 0.2) is 0 Å². The fourth-order valence-electron chi connectivity index (χ4n) is 6.54. The van der Waals surface area contributed by atoms with Crippen LogP contribution in [-0.2, 0) is 14.3 Å². The van der Waals surface area contributed by atoms with Gasteiger partial charge in [-0.25, -0.2) is 0 Å². The smallest absolute Gasteiger partial charge is 0.306 e. The maximum absolute atomic E-state index is 12.7. The summed E-state index contributed by atoms with van der Waals surface area (Å²) >= 11 is 0. The molecule has 1 atom stereocenters. The lowest BCUT2D eigenvalue weighted by Crippen LogP contribution is -2.18. The van der Waals surface area contributed by atoms with Crippen molar-refractivity contribution in [2.24, 2.45) is 0 Å². The van der Waals surface area contributed by atoms with E-state index in [4.69, 9.17) is 9.84 Å². The normalized spacial score (nSPS) is 12.0. The van der Waals surface area contributed by atoms with Crippen molar-refractivity contribution in [1.29, 1.82) is 0 Å². The Labute approximate surface area is 282 Å². The van der Waals surface area contributed by atoms with Crippen LogP contribution in [0.1, 0.15) is 245 Å². The third-order valence-electron chi connectivity index (χ3n) is 9.58. The first-order valence-corrected chi connectivity index (χ1v) is 20.5. The average Bonchev–Trinajstić information content (AvgIpc) is 3.02. The zero-order valence-corrected chi connectivity index (χ0v) is 30.7. The Balaban J connectivity index is 3.98. The molecule has 0 aromatic heterocycles. The molecule has 0 heterocycles. The van der Waals surface area contributed by atoms with E-state index in [1.807, 2.05) is 0 Å². The molecule has 0 aliphatic heterocycles. The quantitative estimate of drug-likeness (QED) is 0.0541. The third kappa shape index (κ3) is 37.3. The van der Waals surface area contributed by atoms with Crippen molar-refractivity contribution >= 4 is 11.9 Å². The van der Waals surface area contributed by atoms with Crippen molar-refractivity contribution in [2.45, 2.75) is 251 Å². The molecule has 0 fully saturated rings. The molecule has 0 saturated carbocycles. The standard InChI is InChI=1S/C41H80O4/c1-3-5-7-9-11-13-15-17-18-19-20-22-24-27-31-35-39(36-32-28-26-29-33-37-40(42)43)45-41(44)38-34-30-25-23-21-16-14-12-10-8-6-4-2/h39H,3-38H2,1-2H3,(H,42,43). The third-order valence-corrected chi connectivity index (χ3v) is 9.58. The number of aliphatic carboxylic acids is 1. The van der Waals surface area contributed by atoms with Crippen LogP contribution in [0.4, 0.5) is 0 Å². The lowest BCUT2D eigenvalue weighted by atomic mass is 10.0. The number of carboxylic acids is 1. The van der Waals surface area contributed by atoms with Crippen LogP contribution in [-0.4, -0.2) is 23.1 Å². The van der Waals surface area contributed by atoms with Crippen LogP contribution in [0, 0.1) is 0 Å². The minimum atomic E-state index is -0.696. The molecule has 1 N–H and O–H groups in total. The molecule has 0 aromatic rings. The first-order valence-electron chi connectivity index (χ1n) is 20.5. The number of ether oxygens (including phenoxy) is 1. The van der Waals surface area contributed by atoms with Crippen LogP contribution in [0.2, 0.25) is 0 Å². The minimum Gasteiger partial charge on any atom is -0.481 e. The summed E-state index contributed by atoms with van der Waals surface area (Å²) < 4.78 is 6.01. The van der Waals surface area contributed by atoms with Gasteiger partial charge in [0, 0.05) is 12.8 Å². The molecule has 0 rings (SSSR count). The molecule has 0 saturated heterocycles. The lowest BCUT2D eigenvalue weighted by molar-refractivity contribution is -0.150. The number of unbranched alkanes of at least 4 members (excludes halogenated alkanes) is 29. The first-order chi connectivity index (χ1) is 22.1. The van der Waals surface area contributed by atoms with E-state index in [0.717, 1.165) is 64.2 Å². The number of carboxylic acid groups (broad SMARTS) is 1. The van der Waals surface area contributed by atoms with Gasteiger partial charge in [0.15, 0.2) is 0 Å². The van der Waals surface area contributed by atoms with Gasteiger partial charge in [0.25, 0.3) is 0 Å². The topological polar surface area (TPSA) is 63.6 Å². The van der Waals surface area contributed by atoms with E-state index in [9.17, 15) is 9.59 Å². The summed E-state index contributed by atoms with van der Waals surface area (Å²) in [5.74, 6) is -0.687. The highest BCUT2D eigenvalue weighted by Crippen LogP contribution is 2.19. The maximum Gasteiger partial charge on any atom is 0.306 e. The molecule has 4 heteroatoms. The Morgan fingerprint density at radius 2 is 0.667 bits per heavy atom. The lowest BCUT2D eigenvalue weighted by Gasteiger charge is -2.18. The molecule has 0 radical (unpaired) electrons. The molecular formula is C41H80O4. The van der Waals surface area contributed by atoms with Gasteiger partial charge in [0.1, 0.15) is 6.10 Å². The van der Waals surface area contributed by atoms with E-state index in [1.54, 1.807) is 0 Å². The highest BCUT2D eigenvalue weighted by Gasteiger charge is 2.14. The Bertz CT molecular complexity index is 604. The van der Waals surface area contributed by atoms with Gasteiger partial charge in [0.05, 0.1) is 0 Å². The summed E-state index contributed by atoms with van der Waals surface area (Å²) in [4.78, 5) is 23.4. The Morgan fingerprint density at radius 3 is 0.978 bits per heavy atom. The van der Waals surface area contributed by atoms with E-state index < -0.39 is 5.97 Å². The van der Waals surface area contributed by atoms with Crippen molar-refractivity contribution in [3.8, 4) is 0 Å². The Morgan fingerprint density at radius 1 is 0.400 bits per heavy atom. The number of esters is 1. The average molecular weight is 637 g/mol. The van der Waals surface area contributed by atoms with Gasteiger partial charge in [-0.15, -0.1) is 0 Å². The molecule has 4 nitrogen and oxygen atoms in total. The van der Waals surface area contributed by atoms with E-state index in [2.05, 4.69) is 13.8 Å². The predicted octanol–water partition coefficient (Wildman–Crippen LogP) is 14.1. The molecule has 1 unspecified atom stereocenters. The van der Waals surface area contributed by atoms with E-state index in [1.165, 1.54) is 154 Å². The number of carbonyl (C=O) groups excluding carboxylic acids is 1. The van der Waals surface area contributed by atoms with Crippen molar-refractivity contribution in [2.75, 3.05) is 0 Å². The predicted molar refractivity (Wildman–Crippen MR) is 195 cm³/mol. The molecule has 0 aromatic carbocycles. The zero-order chi connectivity index (χ0) is 32.9. The molecule has 0 spiro atoms. The highest BCUT2D eigenvalue weighted by atomic mass is 16.5. The van der Waals surface area contributed by atoms with E-state index >= 15 is 0 Å². The van der Waals surface area contributed by atoms with Crippen LogP contribution < -0.4 is 0 Å². The molecule has 0 bridgehead atoms. The summed E-state index contributed by atoms with van der Waals surface area (Å²) in [5, 5.41) is 8.82. The van der Waals surface area contributed by atoms with Gasteiger partial charge in [-0.3, -0.25) is 9.59 Å². The van der Waals surface area contributed by atoms with Gasteiger partial charge >= 0.3 is 11.9 Å². The molecule has 0 aliphatic carbocycles. The second-order valence-corrected chi connectivity index (χ2v) is 14.2. The number of hydrogen-bond donors (Lipinski definition) is 1. The number of carbonyl (C=O) groups is 2. The Kier molecular flexibility index (Phi) is 36.5.